The summed E-state index contributed by atoms with van der Waals surface area (Å²) in [6, 6.07) is 0. The fourth-order valence-corrected chi connectivity index (χ4v) is 2.78. The molecule has 0 fully saturated rings. The van der Waals surface area contributed by atoms with Crippen LogP contribution in [0, 0.1) is 0 Å². The summed E-state index contributed by atoms with van der Waals surface area (Å²) in [4.78, 5) is 0. The van der Waals surface area contributed by atoms with Crippen LogP contribution >= 0.6 is 19.6 Å². The van der Waals surface area contributed by atoms with E-state index in [4.69, 9.17) is 0 Å². The van der Waals surface area contributed by atoms with E-state index in [1.165, 1.54) is 96.4 Å². The molecule has 0 unspecified atom stereocenters. The average Bonchev–Trinajstić information content (AvgIpc) is 2.47. The van der Waals surface area contributed by atoms with Gasteiger partial charge in [0.25, 0.3) is 0 Å². The fourth-order valence-electron chi connectivity index (χ4n) is 2.78. The van der Waals surface area contributed by atoms with Crippen molar-refractivity contribution in [2.45, 2.75) is 96.8 Å². The van der Waals surface area contributed by atoms with Crippen molar-refractivity contribution in [2.75, 3.05) is 27.7 Å². The second kappa shape index (κ2) is 24.6. The van der Waals surface area contributed by atoms with Crippen LogP contribution in [-0.4, -0.2) is 32.2 Å². The van der Waals surface area contributed by atoms with Crippen LogP contribution in [0.5, 0.6) is 0 Å². The van der Waals surface area contributed by atoms with Crippen LogP contribution in [0.1, 0.15) is 96.8 Å². The van der Waals surface area contributed by atoms with Crippen LogP contribution in [0.4, 0.5) is 0 Å². The molecule has 0 radical (unpaired) electrons. The van der Waals surface area contributed by atoms with Gasteiger partial charge in [-0.2, -0.15) is 0 Å². The number of unbranched alkanes of at least 4 members (excludes halogenated alkanes) is 13. The monoisotopic (exact) mass is 525 g/mol. The predicted molar refractivity (Wildman–Crippen MR) is 108 cm³/mol. The number of halogens is 1. The van der Waals surface area contributed by atoms with Crippen LogP contribution in [0.25, 0.3) is 0 Å². The van der Waals surface area contributed by atoms with E-state index in [9.17, 15) is 0 Å². The summed E-state index contributed by atoms with van der Waals surface area (Å²) in [5.41, 5.74) is 0. The maximum absolute atomic E-state index is 4.34. The summed E-state index contributed by atoms with van der Waals surface area (Å²) < 4.78 is 1.12. The van der Waals surface area contributed by atoms with Gasteiger partial charge in [-0.1, -0.05) is 84.0 Å². The Bertz CT molecular complexity index is 265. The summed E-state index contributed by atoms with van der Waals surface area (Å²) in [5, 5.41) is 0. The summed E-state index contributed by atoms with van der Waals surface area (Å²) in [5.74, 6) is 0. The molecule has 0 N–H and O–H groups in total. The molecule has 0 aromatic heterocycles. The molecule has 0 aliphatic carbocycles. The average molecular weight is 525 g/mol. The Morgan fingerprint density at radius 1 is 0.583 bits per heavy atom. The summed E-state index contributed by atoms with van der Waals surface area (Å²) in [7, 11) is 15.6. The third kappa shape index (κ3) is 34.8. The summed E-state index contributed by atoms with van der Waals surface area (Å²) in [6.07, 6.45) is 20.4. The number of hydrogen-bond donors (Lipinski definition) is 0. The van der Waals surface area contributed by atoms with E-state index in [0.717, 1.165) is 4.48 Å². The molecule has 0 atom stereocenters. The molecule has 0 aliphatic heterocycles. The molecule has 0 aliphatic rings. The Morgan fingerprint density at radius 2 is 0.833 bits per heavy atom. The first kappa shape index (κ1) is 30.3. The van der Waals surface area contributed by atoms with Crippen molar-refractivity contribution in [2.24, 2.45) is 0 Å². The molecule has 0 spiro atoms. The Balaban J connectivity index is -0.00000102. The van der Waals surface area contributed by atoms with Gasteiger partial charge in [0.1, 0.15) is 0 Å². The van der Waals surface area contributed by atoms with Crippen molar-refractivity contribution in [3.05, 3.63) is 0 Å². The van der Waals surface area contributed by atoms with Crippen LogP contribution in [0.15, 0.2) is 0 Å². The number of nitrogens with zero attached hydrogens (tertiary/aromatic N) is 1. The molecular weight excluding hydrogens is 482 g/mol. The molecule has 5 heteroatoms. The zero-order valence-electron chi connectivity index (χ0n) is 16.7. The first-order chi connectivity index (χ1) is 11.0. The molecule has 0 saturated heterocycles. The van der Waals surface area contributed by atoms with Crippen molar-refractivity contribution in [3.8, 4) is 0 Å². The van der Waals surface area contributed by atoms with E-state index < -0.39 is 0 Å². The minimum absolute atomic E-state index is 0. The Kier molecular flexibility index (Phi) is 31.0. The van der Waals surface area contributed by atoms with Gasteiger partial charge in [0.05, 0.1) is 27.7 Å². The second-order valence-corrected chi connectivity index (χ2v) is 11.2. The SMILES string of the molecule is CCCCCCCCCCCCCCCC[N+](C)(C)C.[Br-].[S]=[Mo]=[S]. The van der Waals surface area contributed by atoms with Gasteiger partial charge in [0.15, 0.2) is 0 Å². The molecule has 0 heterocycles. The topological polar surface area (TPSA) is 0 Å². The molecule has 0 aromatic carbocycles. The van der Waals surface area contributed by atoms with E-state index in [1.54, 1.807) is 0 Å². The van der Waals surface area contributed by atoms with Crippen molar-refractivity contribution < 1.29 is 36.4 Å². The van der Waals surface area contributed by atoms with Crippen LogP contribution in [0.3, 0.4) is 0 Å². The first-order valence-corrected chi connectivity index (χ1v) is 15.3. The molecule has 1 nitrogen and oxygen atoms in total. The fraction of sp³-hybridized carbons (Fsp3) is 1.00. The third-order valence-corrected chi connectivity index (χ3v) is 4.18. The van der Waals surface area contributed by atoms with E-state index in [1.807, 2.05) is 0 Å². The van der Waals surface area contributed by atoms with E-state index in [-0.39, 0.29) is 31.9 Å². The van der Waals surface area contributed by atoms with Gasteiger partial charge in [-0.3, -0.25) is 0 Å². The maximum atomic E-state index is 4.34. The Hall–Kier alpha value is 1.57. The quantitative estimate of drug-likeness (QED) is 0.176. The van der Waals surface area contributed by atoms with Gasteiger partial charge in [-0.15, -0.1) is 0 Å². The normalized spacial score (nSPS) is 10.5. The predicted octanol–water partition coefficient (Wildman–Crippen LogP) is 4.47. The second-order valence-electron chi connectivity index (χ2n) is 7.68. The molecule has 24 heavy (non-hydrogen) atoms. The number of quaternary nitrogens is 1. The van der Waals surface area contributed by atoms with Gasteiger partial charge >= 0.3 is 34.6 Å². The molecule has 148 valence electrons. The van der Waals surface area contributed by atoms with E-state index in [0.29, 0.717) is 0 Å². The van der Waals surface area contributed by atoms with E-state index in [2.05, 4.69) is 47.7 Å². The zero-order chi connectivity index (χ0) is 17.8. The van der Waals surface area contributed by atoms with Crippen molar-refractivity contribution in [1.82, 2.24) is 0 Å². The molecule has 0 aromatic rings. The minimum atomic E-state index is -0.363. The molecular formula is C19H42BrMoNS2. The Labute approximate surface area is 179 Å². The molecule has 0 bridgehead atoms. The van der Waals surface area contributed by atoms with Gasteiger partial charge < -0.3 is 21.5 Å². The van der Waals surface area contributed by atoms with Gasteiger partial charge in [0, 0.05) is 0 Å². The molecule has 0 amide bonds. The van der Waals surface area contributed by atoms with Crippen molar-refractivity contribution in [3.63, 3.8) is 0 Å². The van der Waals surface area contributed by atoms with Gasteiger partial charge in [0.2, 0.25) is 0 Å². The standard InChI is InChI=1S/C19H42N.BrH.Mo.2S/c1-5-6-7-8-9-10-11-12-13-14-15-16-17-18-19-20(2,3)4;;;;/h5-19H2,1-4H3;1H;;;/q+1;;;;/p-1. The van der Waals surface area contributed by atoms with E-state index >= 15 is 0 Å². The Morgan fingerprint density at radius 3 is 1.08 bits per heavy atom. The van der Waals surface area contributed by atoms with Crippen LogP contribution in [-0.2, 0) is 14.9 Å². The first-order valence-electron chi connectivity index (χ1n) is 9.70. The van der Waals surface area contributed by atoms with Gasteiger partial charge in [-0.25, -0.2) is 0 Å². The van der Waals surface area contributed by atoms with Crippen LogP contribution in [0.2, 0.25) is 0 Å². The molecule has 0 rings (SSSR count). The van der Waals surface area contributed by atoms with Crippen molar-refractivity contribution in [1.29, 1.82) is 0 Å². The third-order valence-electron chi connectivity index (χ3n) is 4.18. The summed E-state index contributed by atoms with van der Waals surface area (Å²) in [6.45, 7) is 3.63. The van der Waals surface area contributed by atoms with Crippen LogP contribution < -0.4 is 17.0 Å². The zero-order valence-corrected chi connectivity index (χ0v) is 21.9. The van der Waals surface area contributed by atoms with Gasteiger partial charge in [-0.05, 0) is 12.8 Å². The summed E-state index contributed by atoms with van der Waals surface area (Å²) >= 11 is -0.363. The molecule has 0 saturated carbocycles. The number of rotatable bonds is 15. The number of hydrogen-bond acceptors (Lipinski definition) is 2. The van der Waals surface area contributed by atoms with Crippen molar-refractivity contribution >= 4 is 19.6 Å².